The van der Waals surface area contributed by atoms with E-state index < -0.39 is 15.6 Å². The van der Waals surface area contributed by atoms with E-state index in [1.165, 1.54) is 12.1 Å². The first-order valence-corrected chi connectivity index (χ1v) is 7.61. The quantitative estimate of drug-likeness (QED) is 0.878. The lowest BCUT2D eigenvalue weighted by molar-refractivity contribution is -0.125. The van der Waals surface area contributed by atoms with Crippen LogP contribution < -0.4 is 10.5 Å². The van der Waals surface area contributed by atoms with Crippen molar-refractivity contribution < 1.29 is 17.9 Å². The minimum atomic E-state index is -3.80. The fourth-order valence-electron chi connectivity index (χ4n) is 1.38. The van der Waals surface area contributed by atoms with Crippen molar-refractivity contribution in [2.75, 3.05) is 11.9 Å². The van der Waals surface area contributed by atoms with Crippen LogP contribution in [0.4, 0.5) is 5.69 Å². The predicted octanol–water partition coefficient (Wildman–Crippen LogP) is 1.40. The topological polar surface area (TPSA) is 98.5 Å². The van der Waals surface area contributed by atoms with Gasteiger partial charge in [-0.1, -0.05) is 6.07 Å². The van der Waals surface area contributed by atoms with E-state index in [1.54, 1.807) is 13.0 Å². The average molecular weight is 300 g/mol. The Labute approximate surface area is 119 Å². The number of amides is 1. The van der Waals surface area contributed by atoms with Crippen molar-refractivity contribution in [2.45, 2.75) is 38.2 Å². The summed E-state index contributed by atoms with van der Waals surface area (Å²) >= 11 is 0. The average Bonchev–Trinajstić information content (AvgIpc) is 2.27. The van der Waals surface area contributed by atoms with Gasteiger partial charge in [-0.3, -0.25) is 4.79 Å². The van der Waals surface area contributed by atoms with Crippen molar-refractivity contribution in [3.05, 3.63) is 23.8 Å². The van der Waals surface area contributed by atoms with E-state index in [0.29, 0.717) is 5.69 Å². The van der Waals surface area contributed by atoms with E-state index >= 15 is 0 Å². The summed E-state index contributed by atoms with van der Waals surface area (Å²) in [5, 5.41) is 7.67. The summed E-state index contributed by atoms with van der Waals surface area (Å²) in [6.07, 6.45) is 0. The molecule has 7 heteroatoms. The molecule has 0 saturated carbocycles. The van der Waals surface area contributed by atoms with Crippen LogP contribution in [0.3, 0.4) is 0 Å². The molecule has 1 amide bonds. The largest absolute Gasteiger partial charge is 0.366 e. The lowest BCUT2D eigenvalue weighted by atomic mass is 10.2. The first kappa shape index (κ1) is 16.6. The summed E-state index contributed by atoms with van der Waals surface area (Å²) in [6.45, 7) is 7.17. The SMILES string of the molecule is Cc1ccc(S(N)(=O)=O)cc1NC(=O)COC(C)(C)C. The third kappa shape index (κ3) is 5.28. The number of primary sulfonamides is 1. The number of hydrogen-bond acceptors (Lipinski definition) is 4. The van der Waals surface area contributed by atoms with Crippen molar-refractivity contribution in [1.29, 1.82) is 0 Å². The molecule has 0 atom stereocenters. The third-order valence-corrected chi connectivity index (χ3v) is 3.36. The number of nitrogens with two attached hydrogens (primary N) is 1. The highest BCUT2D eigenvalue weighted by atomic mass is 32.2. The number of carbonyl (C=O) groups is 1. The fourth-order valence-corrected chi connectivity index (χ4v) is 1.92. The second kappa shape index (κ2) is 5.90. The van der Waals surface area contributed by atoms with Crippen molar-refractivity contribution in [3.63, 3.8) is 0 Å². The van der Waals surface area contributed by atoms with Gasteiger partial charge in [0.1, 0.15) is 6.61 Å². The van der Waals surface area contributed by atoms with Gasteiger partial charge in [0, 0.05) is 5.69 Å². The van der Waals surface area contributed by atoms with Gasteiger partial charge in [-0.05, 0) is 45.4 Å². The Kier molecular flexibility index (Phi) is 4.90. The first-order valence-electron chi connectivity index (χ1n) is 6.06. The van der Waals surface area contributed by atoms with E-state index in [1.807, 2.05) is 20.8 Å². The van der Waals surface area contributed by atoms with Gasteiger partial charge < -0.3 is 10.1 Å². The molecule has 0 aliphatic heterocycles. The molecule has 20 heavy (non-hydrogen) atoms. The number of ether oxygens (including phenoxy) is 1. The number of sulfonamides is 1. The first-order chi connectivity index (χ1) is 8.99. The number of benzene rings is 1. The molecular formula is C13H20N2O4S. The Morgan fingerprint density at radius 2 is 1.95 bits per heavy atom. The van der Waals surface area contributed by atoms with E-state index in [9.17, 15) is 13.2 Å². The second-order valence-electron chi connectivity index (χ2n) is 5.47. The van der Waals surface area contributed by atoms with Gasteiger partial charge in [-0.25, -0.2) is 13.6 Å². The van der Waals surface area contributed by atoms with Gasteiger partial charge in [0.25, 0.3) is 0 Å². The van der Waals surface area contributed by atoms with Crippen molar-refractivity contribution in [1.82, 2.24) is 0 Å². The molecule has 0 unspecified atom stereocenters. The van der Waals surface area contributed by atoms with Crippen LogP contribution >= 0.6 is 0 Å². The Morgan fingerprint density at radius 1 is 1.35 bits per heavy atom. The van der Waals surface area contributed by atoms with Crippen LogP contribution in [0.25, 0.3) is 0 Å². The molecule has 0 heterocycles. The van der Waals surface area contributed by atoms with E-state index in [0.717, 1.165) is 5.56 Å². The monoisotopic (exact) mass is 300 g/mol. The highest BCUT2D eigenvalue weighted by molar-refractivity contribution is 7.89. The van der Waals surface area contributed by atoms with Crippen LogP contribution in [0.15, 0.2) is 23.1 Å². The fraction of sp³-hybridized carbons (Fsp3) is 0.462. The van der Waals surface area contributed by atoms with Gasteiger partial charge in [-0.15, -0.1) is 0 Å². The maximum Gasteiger partial charge on any atom is 0.250 e. The number of anilines is 1. The molecule has 0 radical (unpaired) electrons. The van der Waals surface area contributed by atoms with Gasteiger partial charge in [0.05, 0.1) is 10.5 Å². The molecule has 112 valence electrons. The molecule has 0 saturated heterocycles. The normalized spacial score (nSPS) is 12.2. The minimum Gasteiger partial charge on any atom is -0.366 e. The zero-order chi connectivity index (χ0) is 15.6. The molecule has 1 aromatic rings. The van der Waals surface area contributed by atoms with Gasteiger partial charge in [0.2, 0.25) is 15.9 Å². The molecule has 0 aliphatic carbocycles. The molecule has 0 fully saturated rings. The number of rotatable bonds is 4. The van der Waals surface area contributed by atoms with Crippen LogP contribution in [0.5, 0.6) is 0 Å². The summed E-state index contributed by atoms with van der Waals surface area (Å²) < 4.78 is 27.9. The number of hydrogen-bond donors (Lipinski definition) is 2. The van der Waals surface area contributed by atoms with Crippen LogP contribution in [-0.2, 0) is 19.6 Å². The van der Waals surface area contributed by atoms with Crippen molar-refractivity contribution in [2.24, 2.45) is 5.14 Å². The highest BCUT2D eigenvalue weighted by Gasteiger charge is 2.15. The van der Waals surface area contributed by atoms with Gasteiger partial charge >= 0.3 is 0 Å². The van der Waals surface area contributed by atoms with E-state index in [4.69, 9.17) is 9.88 Å². The molecule has 1 rings (SSSR count). The van der Waals surface area contributed by atoms with Crippen molar-refractivity contribution >= 4 is 21.6 Å². The zero-order valence-electron chi connectivity index (χ0n) is 12.1. The lowest BCUT2D eigenvalue weighted by Gasteiger charge is -2.19. The number of aryl methyl sites for hydroxylation is 1. The summed E-state index contributed by atoms with van der Waals surface area (Å²) in [5.74, 6) is -0.352. The molecule has 1 aromatic carbocycles. The minimum absolute atomic E-state index is 0.0462. The summed E-state index contributed by atoms with van der Waals surface area (Å²) in [7, 11) is -3.80. The molecule has 0 spiro atoms. The molecule has 6 nitrogen and oxygen atoms in total. The predicted molar refractivity (Wildman–Crippen MR) is 76.9 cm³/mol. The summed E-state index contributed by atoms with van der Waals surface area (Å²) in [6, 6.07) is 4.31. The number of carbonyl (C=O) groups excluding carboxylic acids is 1. The maximum absolute atomic E-state index is 11.8. The Morgan fingerprint density at radius 3 is 2.45 bits per heavy atom. The van der Waals surface area contributed by atoms with Gasteiger partial charge in [0.15, 0.2) is 0 Å². The highest BCUT2D eigenvalue weighted by Crippen LogP contribution is 2.19. The number of nitrogens with one attached hydrogen (secondary N) is 1. The van der Waals surface area contributed by atoms with E-state index in [-0.39, 0.29) is 17.4 Å². The Bertz CT molecular complexity index is 603. The van der Waals surface area contributed by atoms with Crippen LogP contribution in [0.1, 0.15) is 26.3 Å². The lowest BCUT2D eigenvalue weighted by Crippen LogP contribution is -2.27. The third-order valence-electron chi connectivity index (χ3n) is 2.45. The van der Waals surface area contributed by atoms with E-state index in [2.05, 4.69) is 5.32 Å². The molecule has 0 aliphatic rings. The second-order valence-corrected chi connectivity index (χ2v) is 7.03. The zero-order valence-corrected chi connectivity index (χ0v) is 12.9. The molecule has 0 bridgehead atoms. The summed E-state index contributed by atoms with van der Waals surface area (Å²) in [5.41, 5.74) is 0.718. The van der Waals surface area contributed by atoms with Crippen LogP contribution in [-0.4, -0.2) is 26.5 Å². The maximum atomic E-state index is 11.8. The standard InChI is InChI=1S/C13H20N2O4S/c1-9-5-6-10(20(14,17)18)7-11(9)15-12(16)8-19-13(2,3)4/h5-7H,8H2,1-4H3,(H,15,16)(H2,14,17,18). The molecule has 0 aromatic heterocycles. The Hall–Kier alpha value is -1.44. The van der Waals surface area contributed by atoms with Crippen molar-refractivity contribution in [3.8, 4) is 0 Å². The molecular weight excluding hydrogens is 280 g/mol. The smallest absolute Gasteiger partial charge is 0.250 e. The van der Waals surface area contributed by atoms with Gasteiger partial charge in [-0.2, -0.15) is 0 Å². The van der Waals surface area contributed by atoms with Crippen LogP contribution in [0, 0.1) is 6.92 Å². The Balaban J connectivity index is 2.85. The molecule has 3 N–H and O–H groups in total. The summed E-state index contributed by atoms with van der Waals surface area (Å²) in [4.78, 5) is 11.7. The van der Waals surface area contributed by atoms with Crippen LogP contribution in [0.2, 0.25) is 0 Å².